The fourth-order valence-electron chi connectivity index (χ4n) is 3.39. The Morgan fingerprint density at radius 3 is 2.62 bits per heavy atom. The summed E-state index contributed by atoms with van der Waals surface area (Å²) >= 11 is 0.865. The van der Waals surface area contributed by atoms with Crippen molar-refractivity contribution in [2.24, 2.45) is 0 Å². The number of nitrogens with zero attached hydrogens (tertiary/aromatic N) is 2. The standard InChI is InChI=1S/C21H27N3O4S/c1-3-23(4-2)16-9-7-15(8-10-16)12-18-20(26)24(21(27)29-18)14-19(25)22-13-17-6-5-11-28-17/h7-10,12,17H,3-6,11,13-14H2,1-2H3,(H,22,25)/b18-12-/t17-/m0/s1. The zero-order chi connectivity index (χ0) is 20.8. The number of carbonyl (C=O) groups is 3. The van der Waals surface area contributed by atoms with Crippen molar-refractivity contribution in [1.82, 2.24) is 10.2 Å². The first-order chi connectivity index (χ1) is 14.0. The van der Waals surface area contributed by atoms with Gasteiger partial charge < -0.3 is 15.0 Å². The van der Waals surface area contributed by atoms with Gasteiger partial charge in [0.2, 0.25) is 5.91 Å². The van der Waals surface area contributed by atoms with Crippen LogP contribution in [0, 0.1) is 0 Å². The molecule has 0 aliphatic carbocycles. The van der Waals surface area contributed by atoms with Crippen LogP contribution in [0.15, 0.2) is 29.2 Å². The molecule has 0 unspecified atom stereocenters. The molecule has 0 spiro atoms. The van der Waals surface area contributed by atoms with Crippen LogP contribution in [0.1, 0.15) is 32.3 Å². The number of anilines is 1. The summed E-state index contributed by atoms with van der Waals surface area (Å²) in [6.45, 7) is 6.89. The molecule has 2 fully saturated rings. The molecule has 2 aliphatic heterocycles. The van der Waals surface area contributed by atoms with Crippen LogP contribution >= 0.6 is 11.8 Å². The van der Waals surface area contributed by atoms with Gasteiger partial charge in [0.1, 0.15) is 6.54 Å². The molecular weight excluding hydrogens is 390 g/mol. The number of amides is 3. The smallest absolute Gasteiger partial charge is 0.294 e. The minimum absolute atomic E-state index is 0.0214. The van der Waals surface area contributed by atoms with Crippen molar-refractivity contribution in [2.45, 2.75) is 32.8 Å². The Morgan fingerprint density at radius 1 is 1.28 bits per heavy atom. The van der Waals surface area contributed by atoms with E-state index in [0.29, 0.717) is 18.1 Å². The van der Waals surface area contributed by atoms with Crippen molar-refractivity contribution >= 4 is 40.6 Å². The molecule has 2 heterocycles. The number of hydrogen-bond acceptors (Lipinski definition) is 6. The number of imide groups is 1. The van der Waals surface area contributed by atoms with Gasteiger partial charge in [0.15, 0.2) is 0 Å². The second-order valence-corrected chi connectivity index (χ2v) is 7.96. The molecule has 0 aromatic heterocycles. The molecule has 2 aliphatic rings. The van der Waals surface area contributed by atoms with Gasteiger partial charge >= 0.3 is 0 Å². The predicted molar refractivity (Wildman–Crippen MR) is 115 cm³/mol. The van der Waals surface area contributed by atoms with E-state index in [1.807, 2.05) is 24.3 Å². The summed E-state index contributed by atoms with van der Waals surface area (Å²) in [7, 11) is 0. The topological polar surface area (TPSA) is 79.0 Å². The molecule has 1 aromatic carbocycles. The number of thioether (sulfide) groups is 1. The van der Waals surface area contributed by atoms with Crippen LogP contribution in [0.3, 0.4) is 0 Å². The van der Waals surface area contributed by atoms with E-state index in [1.165, 1.54) is 0 Å². The molecule has 1 aromatic rings. The third kappa shape index (κ3) is 5.39. The van der Waals surface area contributed by atoms with E-state index >= 15 is 0 Å². The van der Waals surface area contributed by atoms with Crippen LogP contribution in [0.25, 0.3) is 6.08 Å². The maximum Gasteiger partial charge on any atom is 0.294 e. The van der Waals surface area contributed by atoms with Gasteiger partial charge in [-0.3, -0.25) is 19.3 Å². The zero-order valence-electron chi connectivity index (χ0n) is 16.8. The Balaban J connectivity index is 1.59. The van der Waals surface area contributed by atoms with E-state index in [0.717, 1.165) is 53.8 Å². The first-order valence-corrected chi connectivity index (χ1v) is 10.8. The highest BCUT2D eigenvalue weighted by Crippen LogP contribution is 2.32. The lowest BCUT2D eigenvalue weighted by Crippen LogP contribution is -2.41. The van der Waals surface area contributed by atoms with Gasteiger partial charge in [-0.1, -0.05) is 12.1 Å². The van der Waals surface area contributed by atoms with Crippen LogP contribution in [0.2, 0.25) is 0 Å². The largest absolute Gasteiger partial charge is 0.376 e. The highest BCUT2D eigenvalue weighted by Gasteiger charge is 2.36. The van der Waals surface area contributed by atoms with Gasteiger partial charge in [-0.2, -0.15) is 0 Å². The molecule has 1 atom stereocenters. The summed E-state index contributed by atoms with van der Waals surface area (Å²) in [6, 6.07) is 7.86. The van der Waals surface area contributed by atoms with E-state index in [1.54, 1.807) is 6.08 Å². The maximum absolute atomic E-state index is 12.6. The average Bonchev–Trinajstić information content (AvgIpc) is 3.33. The summed E-state index contributed by atoms with van der Waals surface area (Å²) < 4.78 is 5.46. The monoisotopic (exact) mass is 417 g/mol. The minimum atomic E-state index is -0.430. The molecule has 156 valence electrons. The number of hydrogen-bond donors (Lipinski definition) is 1. The second kappa shape index (κ2) is 9.93. The Labute approximate surface area is 175 Å². The first-order valence-electron chi connectivity index (χ1n) is 10.0. The quantitative estimate of drug-likeness (QED) is 0.656. The van der Waals surface area contributed by atoms with Gasteiger partial charge in [-0.25, -0.2) is 0 Å². The summed E-state index contributed by atoms with van der Waals surface area (Å²) in [4.78, 5) is 40.5. The summed E-state index contributed by atoms with van der Waals surface area (Å²) in [5.74, 6) is -0.785. The summed E-state index contributed by atoms with van der Waals surface area (Å²) in [5, 5.41) is 2.32. The van der Waals surface area contributed by atoms with Crippen LogP contribution in [-0.4, -0.2) is 60.8 Å². The van der Waals surface area contributed by atoms with Crippen LogP contribution in [-0.2, 0) is 14.3 Å². The van der Waals surface area contributed by atoms with E-state index in [4.69, 9.17) is 4.74 Å². The first kappa shape index (κ1) is 21.4. The highest BCUT2D eigenvalue weighted by atomic mass is 32.2. The Kier molecular flexibility index (Phi) is 7.33. The molecule has 2 saturated heterocycles. The molecule has 0 bridgehead atoms. The molecule has 3 amide bonds. The number of rotatable bonds is 8. The molecule has 0 saturated carbocycles. The van der Waals surface area contributed by atoms with Crippen molar-refractivity contribution in [1.29, 1.82) is 0 Å². The SMILES string of the molecule is CCN(CC)c1ccc(/C=C2\SC(=O)N(CC(=O)NC[C@@H]3CCCO3)C2=O)cc1. The number of carbonyl (C=O) groups excluding carboxylic acids is 3. The number of nitrogens with one attached hydrogen (secondary N) is 1. The molecule has 7 nitrogen and oxygen atoms in total. The lowest BCUT2D eigenvalue weighted by molar-refractivity contribution is -0.129. The van der Waals surface area contributed by atoms with E-state index in [-0.39, 0.29) is 18.6 Å². The summed E-state index contributed by atoms with van der Waals surface area (Å²) in [5.41, 5.74) is 1.96. The Hall–Kier alpha value is -2.32. The van der Waals surface area contributed by atoms with Gasteiger partial charge in [-0.05, 0) is 62.2 Å². The average molecular weight is 418 g/mol. The maximum atomic E-state index is 12.6. The normalized spacial score (nSPS) is 20.6. The van der Waals surface area contributed by atoms with E-state index in [9.17, 15) is 14.4 Å². The molecule has 1 N–H and O–H groups in total. The molecular formula is C21H27N3O4S. The molecule has 3 rings (SSSR count). The summed E-state index contributed by atoms with van der Waals surface area (Å²) in [6.07, 6.45) is 3.62. The van der Waals surface area contributed by atoms with Crippen molar-refractivity contribution in [3.8, 4) is 0 Å². The Morgan fingerprint density at radius 2 is 2.00 bits per heavy atom. The third-order valence-corrected chi connectivity index (χ3v) is 5.95. The molecule has 29 heavy (non-hydrogen) atoms. The Bertz CT molecular complexity index is 784. The van der Waals surface area contributed by atoms with Gasteiger partial charge in [0.25, 0.3) is 11.1 Å². The highest BCUT2D eigenvalue weighted by molar-refractivity contribution is 8.18. The fourth-order valence-corrected chi connectivity index (χ4v) is 4.23. The zero-order valence-corrected chi connectivity index (χ0v) is 17.7. The van der Waals surface area contributed by atoms with E-state index in [2.05, 4.69) is 24.1 Å². The number of ether oxygens (including phenoxy) is 1. The fraction of sp³-hybridized carbons (Fsp3) is 0.476. The van der Waals surface area contributed by atoms with Crippen molar-refractivity contribution in [3.05, 3.63) is 34.7 Å². The lowest BCUT2D eigenvalue weighted by atomic mass is 10.1. The minimum Gasteiger partial charge on any atom is -0.376 e. The molecule has 8 heteroatoms. The van der Waals surface area contributed by atoms with Crippen molar-refractivity contribution in [2.75, 3.05) is 37.7 Å². The third-order valence-electron chi connectivity index (χ3n) is 5.05. The predicted octanol–water partition coefficient (Wildman–Crippen LogP) is 2.86. The van der Waals surface area contributed by atoms with Gasteiger partial charge in [0, 0.05) is 31.9 Å². The van der Waals surface area contributed by atoms with Crippen molar-refractivity contribution < 1.29 is 19.1 Å². The van der Waals surface area contributed by atoms with Crippen LogP contribution in [0.4, 0.5) is 10.5 Å². The van der Waals surface area contributed by atoms with Gasteiger partial charge in [-0.15, -0.1) is 0 Å². The molecule has 0 radical (unpaired) electrons. The van der Waals surface area contributed by atoms with Crippen LogP contribution < -0.4 is 10.2 Å². The number of benzene rings is 1. The van der Waals surface area contributed by atoms with Crippen molar-refractivity contribution in [3.63, 3.8) is 0 Å². The van der Waals surface area contributed by atoms with E-state index < -0.39 is 11.1 Å². The van der Waals surface area contributed by atoms with Gasteiger partial charge in [0.05, 0.1) is 11.0 Å². The second-order valence-electron chi connectivity index (χ2n) is 6.97. The lowest BCUT2D eigenvalue weighted by Gasteiger charge is -2.20. The van der Waals surface area contributed by atoms with Crippen LogP contribution in [0.5, 0.6) is 0 Å².